The Balaban J connectivity index is 2.27. The molecule has 0 bridgehead atoms. The van der Waals surface area contributed by atoms with E-state index >= 15 is 0 Å². The van der Waals surface area contributed by atoms with E-state index in [9.17, 15) is 5.11 Å². The minimum absolute atomic E-state index is 0.321. The van der Waals surface area contributed by atoms with E-state index in [1.54, 1.807) is 0 Å². The van der Waals surface area contributed by atoms with Crippen LogP contribution < -0.4 is 4.74 Å². The molecule has 1 aliphatic rings. The van der Waals surface area contributed by atoms with E-state index in [4.69, 9.17) is 4.74 Å². The molecule has 2 heteroatoms. The van der Waals surface area contributed by atoms with Gasteiger partial charge in [0.2, 0.25) is 0 Å². The highest BCUT2D eigenvalue weighted by atomic mass is 16.5. The van der Waals surface area contributed by atoms with E-state index in [-0.39, 0.29) is 6.10 Å². The smallest absolute Gasteiger partial charge is 0.125 e. The maximum absolute atomic E-state index is 9.78. The average Bonchev–Trinajstić information content (AvgIpc) is 2.58. The van der Waals surface area contributed by atoms with Crippen molar-refractivity contribution in [2.24, 2.45) is 0 Å². The third kappa shape index (κ3) is 1.62. The lowest BCUT2D eigenvalue weighted by Gasteiger charge is -2.12. The number of hydrogen-bond donors (Lipinski definition) is 1. The van der Waals surface area contributed by atoms with Crippen LogP contribution in [0.25, 0.3) is 0 Å². The molecule has 0 saturated heterocycles. The first-order chi connectivity index (χ1) is 6.83. The van der Waals surface area contributed by atoms with E-state index in [0.717, 1.165) is 37.2 Å². The number of aliphatic hydroxyl groups is 1. The van der Waals surface area contributed by atoms with E-state index in [2.05, 4.69) is 13.0 Å². The molecule has 0 fully saturated rings. The summed E-state index contributed by atoms with van der Waals surface area (Å²) in [5, 5.41) is 9.78. The lowest BCUT2D eigenvalue weighted by atomic mass is 10.1. The summed E-state index contributed by atoms with van der Waals surface area (Å²) in [7, 11) is 0. The van der Waals surface area contributed by atoms with Crippen molar-refractivity contribution in [1.29, 1.82) is 0 Å². The van der Waals surface area contributed by atoms with Crippen molar-refractivity contribution >= 4 is 0 Å². The number of fused-ring (bicyclic) bond motifs is 1. The summed E-state index contributed by atoms with van der Waals surface area (Å²) in [6.45, 7) is 2.81. The molecular formula is C12H16O2. The molecule has 0 spiro atoms. The zero-order valence-corrected chi connectivity index (χ0v) is 8.49. The molecule has 1 aliphatic carbocycles. The summed E-state index contributed by atoms with van der Waals surface area (Å²) >= 11 is 0. The lowest BCUT2D eigenvalue weighted by molar-refractivity contribution is 0.174. The Morgan fingerprint density at radius 3 is 3.14 bits per heavy atom. The highest BCUT2D eigenvalue weighted by molar-refractivity contribution is 5.44. The van der Waals surface area contributed by atoms with Crippen molar-refractivity contribution in [3.8, 4) is 5.75 Å². The quantitative estimate of drug-likeness (QED) is 0.797. The predicted octanol–water partition coefficient (Wildman–Crippen LogP) is 2.46. The van der Waals surface area contributed by atoms with Gasteiger partial charge in [-0.15, -0.1) is 0 Å². The minimum Gasteiger partial charge on any atom is -0.493 e. The van der Waals surface area contributed by atoms with Crippen LogP contribution in [0.1, 0.15) is 37.0 Å². The van der Waals surface area contributed by atoms with E-state index in [0.29, 0.717) is 0 Å². The van der Waals surface area contributed by atoms with Gasteiger partial charge < -0.3 is 9.84 Å². The molecule has 2 rings (SSSR count). The summed E-state index contributed by atoms with van der Waals surface area (Å²) in [4.78, 5) is 0. The van der Waals surface area contributed by atoms with Crippen molar-refractivity contribution < 1.29 is 9.84 Å². The van der Waals surface area contributed by atoms with Crippen LogP contribution in [0.15, 0.2) is 18.2 Å². The largest absolute Gasteiger partial charge is 0.493 e. The number of hydrogen-bond acceptors (Lipinski definition) is 2. The second kappa shape index (κ2) is 4.01. The lowest BCUT2D eigenvalue weighted by Crippen LogP contribution is -2.00. The van der Waals surface area contributed by atoms with Crippen LogP contribution in [0.3, 0.4) is 0 Å². The molecule has 0 amide bonds. The minimum atomic E-state index is -0.321. The third-order valence-electron chi connectivity index (χ3n) is 2.64. The second-order valence-electron chi connectivity index (χ2n) is 3.73. The Hall–Kier alpha value is -1.02. The van der Waals surface area contributed by atoms with Crippen molar-refractivity contribution in [2.45, 2.75) is 32.3 Å². The highest BCUT2D eigenvalue weighted by Gasteiger charge is 2.23. The van der Waals surface area contributed by atoms with Gasteiger partial charge in [0.05, 0.1) is 12.7 Å². The summed E-state index contributed by atoms with van der Waals surface area (Å²) in [5.41, 5.74) is 2.26. The van der Waals surface area contributed by atoms with Crippen molar-refractivity contribution in [3.05, 3.63) is 29.3 Å². The van der Waals surface area contributed by atoms with Gasteiger partial charge in [-0.25, -0.2) is 0 Å². The molecule has 1 N–H and O–H groups in total. The van der Waals surface area contributed by atoms with E-state index in [1.165, 1.54) is 5.56 Å². The number of ether oxygens (including phenoxy) is 1. The molecule has 1 aromatic rings. The van der Waals surface area contributed by atoms with Crippen LogP contribution >= 0.6 is 0 Å². The number of aryl methyl sites for hydroxylation is 1. The maximum Gasteiger partial charge on any atom is 0.125 e. The van der Waals surface area contributed by atoms with Gasteiger partial charge in [-0.2, -0.15) is 0 Å². The maximum atomic E-state index is 9.78. The summed E-state index contributed by atoms with van der Waals surface area (Å²) in [6.07, 6.45) is 2.49. The van der Waals surface area contributed by atoms with Crippen molar-refractivity contribution in [3.63, 3.8) is 0 Å². The predicted molar refractivity (Wildman–Crippen MR) is 55.5 cm³/mol. The number of aliphatic hydroxyl groups excluding tert-OH is 1. The number of rotatable bonds is 3. The Kier molecular flexibility index (Phi) is 2.73. The van der Waals surface area contributed by atoms with Crippen LogP contribution in [-0.4, -0.2) is 11.7 Å². The van der Waals surface area contributed by atoms with Gasteiger partial charge in [0.15, 0.2) is 0 Å². The molecule has 0 radical (unpaired) electrons. The van der Waals surface area contributed by atoms with Gasteiger partial charge in [-0.3, -0.25) is 0 Å². The summed E-state index contributed by atoms with van der Waals surface area (Å²) < 4.78 is 5.61. The van der Waals surface area contributed by atoms with Gasteiger partial charge in [-0.1, -0.05) is 19.1 Å². The van der Waals surface area contributed by atoms with Gasteiger partial charge >= 0.3 is 0 Å². The number of benzene rings is 1. The molecule has 1 atom stereocenters. The Labute approximate surface area is 84.5 Å². The monoisotopic (exact) mass is 192 g/mol. The van der Waals surface area contributed by atoms with Gasteiger partial charge in [0, 0.05) is 5.56 Å². The Morgan fingerprint density at radius 1 is 1.50 bits per heavy atom. The van der Waals surface area contributed by atoms with E-state index < -0.39 is 0 Å². The SMILES string of the molecule is CCCOc1cccc2c1[C@H](O)CC2. The molecule has 0 aromatic heterocycles. The molecule has 0 unspecified atom stereocenters. The molecule has 0 heterocycles. The highest BCUT2D eigenvalue weighted by Crippen LogP contribution is 2.37. The van der Waals surface area contributed by atoms with Gasteiger partial charge in [0.25, 0.3) is 0 Å². The topological polar surface area (TPSA) is 29.5 Å². The first-order valence-corrected chi connectivity index (χ1v) is 5.25. The van der Waals surface area contributed by atoms with Gasteiger partial charge in [0.1, 0.15) is 5.75 Å². The Bertz CT molecular complexity index is 320. The molecular weight excluding hydrogens is 176 g/mol. The molecule has 2 nitrogen and oxygen atoms in total. The van der Waals surface area contributed by atoms with Gasteiger partial charge in [-0.05, 0) is 30.9 Å². The second-order valence-corrected chi connectivity index (χ2v) is 3.73. The zero-order chi connectivity index (χ0) is 9.97. The standard InChI is InChI=1S/C12H16O2/c1-2-8-14-11-5-3-4-9-6-7-10(13)12(9)11/h3-5,10,13H,2,6-8H2,1H3/t10-/m1/s1. The van der Waals surface area contributed by atoms with Crippen LogP contribution in [0, 0.1) is 0 Å². The van der Waals surface area contributed by atoms with Crippen molar-refractivity contribution in [2.75, 3.05) is 6.61 Å². The van der Waals surface area contributed by atoms with Crippen molar-refractivity contribution in [1.82, 2.24) is 0 Å². The molecule has 76 valence electrons. The summed E-state index contributed by atoms with van der Waals surface area (Å²) in [5.74, 6) is 0.870. The normalized spacial score (nSPS) is 19.4. The van der Waals surface area contributed by atoms with Crippen LogP contribution in [-0.2, 0) is 6.42 Å². The molecule has 14 heavy (non-hydrogen) atoms. The van der Waals surface area contributed by atoms with E-state index in [1.807, 2.05) is 12.1 Å². The zero-order valence-electron chi connectivity index (χ0n) is 8.49. The average molecular weight is 192 g/mol. The molecule has 1 aromatic carbocycles. The Morgan fingerprint density at radius 2 is 2.36 bits per heavy atom. The van der Waals surface area contributed by atoms with Crippen LogP contribution in [0.2, 0.25) is 0 Å². The fraction of sp³-hybridized carbons (Fsp3) is 0.500. The fourth-order valence-electron chi connectivity index (χ4n) is 1.96. The molecule has 0 saturated carbocycles. The first-order valence-electron chi connectivity index (χ1n) is 5.25. The summed E-state index contributed by atoms with van der Waals surface area (Å²) in [6, 6.07) is 6.02. The fourth-order valence-corrected chi connectivity index (χ4v) is 1.96. The first kappa shape index (κ1) is 9.53. The third-order valence-corrected chi connectivity index (χ3v) is 2.64. The molecule has 0 aliphatic heterocycles. The van der Waals surface area contributed by atoms with Crippen LogP contribution in [0.5, 0.6) is 5.75 Å². The van der Waals surface area contributed by atoms with Crippen LogP contribution in [0.4, 0.5) is 0 Å².